The minimum atomic E-state index is -5.23. The van der Waals surface area contributed by atoms with Gasteiger partial charge in [0.1, 0.15) is 42.4 Å². The Bertz CT molecular complexity index is 2370. The largest absolute Gasteiger partial charge is 0.504 e. The summed E-state index contributed by atoms with van der Waals surface area (Å²) in [4.78, 5) is 112. The van der Waals surface area contributed by atoms with Gasteiger partial charge in [-0.05, 0) is 24.1 Å². The number of hydrogen-bond donors (Lipinski definition) is 15. The number of hydrogen-bond acceptors (Lipinski definition) is 19. The maximum Gasteiger partial charge on any atom is 0.446 e. The standard InChI is InChI=1S/C50H80N8O20S/c1-3-4-5-6-7-8-9-10-11-12-13-14-15-16-39(66)52-30-22-36(64)46(70)56-48(72)42-43(67)27(2)24-58(42)50(74)41(35(63)23-38(51)65)55-47(71)40(34(62)19-28-17-18-33(61)37(20-28)78-79(75,76)77)54-45(69)32-21-29(60)25-57(32)49(73)31(26-59)53-44(30)68/h17-18,20,27,29-32,34-36,40-43,46,59-64,67,70H,3-16,19,21-26H2,1-2H3,(H2,51,65)(H,52,66)(H,53,68)(H,54,69)(H,55,71)(H,56,72)(H,75,76,77)/t27-,29+,30-,31-,32-,34-,35+,36+,40-,41+,42-,43-,46-/m1/s1. The van der Waals surface area contributed by atoms with Gasteiger partial charge >= 0.3 is 10.4 Å². The Labute approximate surface area is 458 Å². The highest BCUT2D eigenvalue weighted by atomic mass is 32.3. The van der Waals surface area contributed by atoms with Crippen LogP contribution in [0.5, 0.6) is 11.5 Å². The van der Waals surface area contributed by atoms with E-state index in [0.717, 1.165) is 55.2 Å². The summed E-state index contributed by atoms with van der Waals surface area (Å²) in [5.41, 5.74) is 5.20. The van der Waals surface area contributed by atoms with Crippen LogP contribution in [0.25, 0.3) is 0 Å². The van der Waals surface area contributed by atoms with Gasteiger partial charge in [-0.25, -0.2) is 0 Å². The first-order valence-corrected chi connectivity index (χ1v) is 28.2. The number of carbonyl (C=O) groups is 8. The fourth-order valence-electron chi connectivity index (χ4n) is 9.89. The quantitative estimate of drug-likeness (QED) is 0.0353. The second-order valence-corrected chi connectivity index (χ2v) is 21.7. The highest BCUT2D eigenvalue weighted by molar-refractivity contribution is 7.81. The molecule has 0 saturated carbocycles. The predicted octanol–water partition coefficient (Wildman–Crippen LogP) is -3.50. The van der Waals surface area contributed by atoms with Gasteiger partial charge in [-0.3, -0.25) is 42.9 Å². The van der Waals surface area contributed by atoms with Gasteiger partial charge in [-0.1, -0.05) is 97.0 Å². The summed E-state index contributed by atoms with van der Waals surface area (Å²) in [6.07, 6.45) is -1.90. The second kappa shape index (κ2) is 31.3. The zero-order chi connectivity index (χ0) is 58.7. The normalized spacial score (nSPS) is 27.6. The predicted molar refractivity (Wildman–Crippen MR) is 277 cm³/mol. The molecule has 0 aliphatic carbocycles. The fourth-order valence-corrected chi connectivity index (χ4v) is 10.3. The summed E-state index contributed by atoms with van der Waals surface area (Å²) in [5, 5.41) is 99.3. The number of nitrogens with zero attached hydrogens (tertiary/aromatic N) is 2. The molecule has 0 radical (unpaired) electrons. The Morgan fingerprint density at radius 2 is 1.35 bits per heavy atom. The summed E-state index contributed by atoms with van der Waals surface area (Å²) in [6.45, 7) is 1.31. The zero-order valence-corrected chi connectivity index (χ0v) is 45.3. The summed E-state index contributed by atoms with van der Waals surface area (Å²) < 4.78 is 36.6. The number of fused-ring (bicyclic) bond motifs is 2. The number of rotatable bonds is 24. The maximum atomic E-state index is 14.5. The third-order valence-electron chi connectivity index (χ3n) is 14.2. The van der Waals surface area contributed by atoms with E-state index in [1.54, 1.807) is 0 Å². The summed E-state index contributed by atoms with van der Waals surface area (Å²) >= 11 is 0. The summed E-state index contributed by atoms with van der Waals surface area (Å²) in [6, 6.07) is -9.25. The van der Waals surface area contributed by atoms with Crippen molar-refractivity contribution in [2.45, 2.75) is 202 Å². The van der Waals surface area contributed by atoms with E-state index in [4.69, 9.17) is 5.73 Å². The van der Waals surface area contributed by atoms with Crippen molar-refractivity contribution in [2.75, 3.05) is 19.7 Å². The van der Waals surface area contributed by atoms with Gasteiger partial charge in [0.2, 0.25) is 47.3 Å². The Morgan fingerprint density at radius 3 is 1.94 bits per heavy atom. The molecule has 13 atom stereocenters. The number of amides is 8. The lowest BCUT2D eigenvalue weighted by Gasteiger charge is -2.33. The molecule has 0 spiro atoms. The Kier molecular flexibility index (Phi) is 26.0. The molecular formula is C50H80N8O20S. The van der Waals surface area contributed by atoms with Crippen molar-refractivity contribution in [1.29, 1.82) is 0 Å². The molecule has 0 aromatic heterocycles. The minimum Gasteiger partial charge on any atom is -0.504 e. The SMILES string of the molecule is CCCCCCCCCCCCCCCC(=O)N[C@@H]1C[C@H](O)[C@@H](O)NC(=O)[C@H]2[C@H](O)[C@H](C)CN2C(=O)[C@H]([C@@H](O)CC(N)=O)NC(=O)[C@@H]([C@H](O)Cc2ccc(O)c(OS(=O)(=O)O)c2)NC(=O)[C@H]2C[C@H](O)CN2C(=O)[C@@H](CO)NC1=O. The van der Waals surface area contributed by atoms with Gasteiger partial charge in [0.15, 0.2) is 17.7 Å². The van der Waals surface area contributed by atoms with Crippen LogP contribution in [0.15, 0.2) is 18.2 Å². The van der Waals surface area contributed by atoms with Crippen LogP contribution in [-0.4, -0.2) is 204 Å². The number of aromatic hydroxyl groups is 1. The van der Waals surface area contributed by atoms with Crippen molar-refractivity contribution >= 4 is 57.7 Å². The van der Waals surface area contributed by atoms with E-state index in [2.05, 4.69) is 37.7 Å². The van der Waals surface area contributed by atoms with Crippen LogP contribution in [-0.2, 0) is 55.2 Å². The van der Waals surface area contributed by atoms with Crippen molar-refractivity contribution in [3.05, 3.63) is 23.8 Å². The number of unbranched alkanes of at least 4 members (excludes halogenated alkanes) is 12. The Hall–Kier alpha value is -5.79. The maximum absolute atomic E-state index is 14.5. The first-order chi connectivity index (χ1) is 37.3. The molecule has 79 heavy (non-hydrogen) atoms. The molecule has 446 valence electrons. The third kappa shape index (κ3) is 20.1. The number of carbonyl (C=O) groups excluding carboxylic acids is 8. The van der Waals surface area contributed by atoms with Crippen LogP contribution >= 0.6 is 0 Å². The van der Waals surface area contributed by atoms with E-state index >= 15 is 0 Å². The summed E-state index contributed by atoms with van der Waals surface area (Å²) in [7, 11) is -5.23. The van der Waals surface area contributed by atoms with Gasteiger partial charge in [-0.2, -0.15) is 8.42 Å². The molecule has 29 heteroatoms. The molecule has 1 aromatic rings. The van der Waals surface area contributed by atoms with E-state index < -0.39 is 193 Å². The number of phenolic OH excluding ortho intramolecular Hbond substituents is 1. The lowest BCUT2D eigenvalue weighted by molar-refractivity contribution is -0.148. The first kappa shape index (κ1) is 65.7. The molecule has 16 N–H and O–H groups in total. The highest BCUT2D eigenvalue weighted by Crippen LogP contribution is 2.30. The van der Waals surface area contributed by atoms with Crippen molar-refractivity contribution in [2.24, 2.45) is 11.7 Å². The minimum absolute atomic E-state index is 0.0933. The number of aliphatic hydroxyl groups is 7. The number of nitrogens with two attached hydrogens (primary N) is 1. The highest BCUT2D eigenvalue weighted by Gasteiger charge is 2.50. The number of primary amides is 1. The van der Waals surface area contributed by atoms with Gasteiger partial charge in [0, 0.05) is 44.7 Å². The van der Waals surface area contributed by atoms with Crippen LogP contribution < -0.4 is 36.5 Å². The van der Waals surface area contributed by atoms with Crippen molar-refractivity contribution in [3.63, 3.8) is 0 Å². The average Bonchev–Trinajstić information content (AvgIpc) is 3.99. The fraction of sp³-hybridized carbons (Fsp3) is 0.720. The molecule has 0 unspecified atom stereocenters. The molecule has 0 bridgehead atoms. The second-order valence-electron chi connectivity index (χ2n) is 20.7. The molecular weight excluding hydrogens is 1060 g/mol. The van der Waals surface area contributed by atoms with Crippen molar-refractivity contribution in [1.82, 2.24) is 36.4 Å². The van der Waals surface area contributed by atoms with Crippen LogP contribution in [0.2, 0.25) is 0 Å². The lowest BCUT2D eigenvalue weighted by atomic mass is 9.98. The smallest absolute Gasteiger partial charge is 0.446 e. The molecule has 8 amide bonds. The molecule has 3 heterocycles. The van der Waals surface area contributed by atoms with Crippen LogP contribution in [0.3, 0.4) is 0 Å². The molecule has 3 aliphatic rings. The van der Waals surface area contributed by atoms with Crippen molar-refractivity contribution < 1.29 is 96.4 Å². The van der Waals surface area contributed by atoms with E-state index in [0.29, 0.717) is 17.7 Å². The summed E-state index contributed by atoms with van der Waals surface area (Å²) in [5.74, 6) is -12.4. The zero-order valence-electron chi connectivity index (χ0n) is 44.5. The van der Waals surface area contributed by atoms with E-state index in [1.165, 1.54) is 45.4 Å². The van der Waals surface area contributed by atoms with Crippen LogP contribution in [0.1, 0.15) is 129 Å². The van der Waals surface area contributed by atoms with E-state index in [1.807, 2.05) is 0 Å². The molecule has 3 aliphatic heterocycles. The average molecular weight is 1150 g/mol. The molecule has 1 aromatic carbocycles. The number of nitrogens with one attached hydrogen (secondary N) is 5. The number of benzene rings is 1. The van der Waals surface area contributed by atoms with Crippen LogP contribution in [0, 0.1) is 5.92 Å². The molecule has 3 fully saturated rings. The number of aliphatic hydroxyl groups excluding tert-OH is 7. The van der Waals surface area contributed by atoms with Gasteiger partial charge < -0.3 is 87.2 Å². The number of phenols is 1. The van der Waals surface area contributed by atoms with Gasteiger partial charge in [-0.15, -0.1) is 0 Å². The van der Waals surface area contributed by atoms with E-state index in [-0.39, 0.29) is 12.0 Å². The molecule has 28 nitrogen and oxygen atoms in total. The van der Waals surface area contributed by atoms with E-state index in [9.17, 15) is 92.2 Å². The van der Waals surface area contributed by atoms with Crippen LogP contribution in [0.4, 0.5) is 0 Å². The third-order valence-corrected chi connectivity index (χ3v) is 14.6. The Morgan fingerprint density at radius 1 is 0.759 bits per heavy atom. The topological polar surface area (TPSA) is 455 Å². The van der Waals surface area contributed by atoms with Crippen molar-refractivity contribution in [3.8, 4) is 11.5 Å². The van der Waals surface area contributed by atoms with Gasteiger partial charge in [0.05, 0.1) is 37.4 Å². The van der Waals surface area contributed by atoms with Gasteiger partial charge in [0.25, 0.3) is 0 Å². The lowest BCUT2D eigenvalue weighted by Crippen LogP contribution is -2.64. The molecule has 4 rings (SSSR count). The molecule has 3 saturated heterocycles. The Balaban J connectivity index is 1.69. The monoisotopic (exact) mass is 1140 g/mol. The first-order valence-electron chi connectivity index (χ1n) is 26.8.